The second-order valence-electron chi connectivity index (χ2n) is 5.91. The molecule has 106 valence electrons. The molecule has 1 saturated heterocycles. The SMILES string of the molecule is CCc1ccc(CN2CC(O)CC2CN(C)C)cc1. The summed E-state index contributed by atoms with van der Waals surface area (Å²) in [7, 11) is 4.19. The van der Waals surface area contributed by atoms with Crippen LogP contribution in [-0.2, 0) is 13.0 Å². The molecule has 0 spiro atoms. The smallest absolute Gasteiger partial charge is 0.0682 e. The van der Waals surface area contributed by atoms with Gasteiger partial charge in [-0.05, 0) is 38.1 Å². The second kappa shape index (κ2) is 6.51. The van der Waals surface area contributed by atoms with E-state index in [4.69, 9.17) is 0 Å². The van der Waals surface area contributed by atoms with Crippen LogP contribution >= 0.6 is 0 Å². The summed E-state index contributed by atoms with van der Waals surface area (Å²) in [4.78, 5) is 4.61. The predicted molar refractivity (Wildman–Crippen MR) is 79.2 cm³/mol. The van der Waals surface area contributed by atoms with Crippen LogP contribution in [-0.4, -0.2) is 54.2 Å². The number of hydrogen-bond acceptors (Lipinski definition) is 3. The molecule has 0 aliphatic carbocycles. The highest BCUT2D eigenvalue weighted by Crippen LogP contribution is 2.21. The molecule has 1 N–H and O–H groups in total. The molecule has 0 saturated carbocycles. The largest absolute Gasteiger partial charge is 0.392 e. The van der Waals surface area contributed by atoms with Crippen LogP contribution in [0.5, 0.6) is 0 Å². The normalized spacial score (nSPS) is 24.3. The lowest BCUT2D eigenvalue weighted by molar-refractivity contribution is 0.169. The van der Waals surface area contributed by atoms with Crippen LogP contribution < -0.4 is 0 Å². The van der Waals surface area contributed by atoms with E-state index < -0.39 is 0 Å². The molecule has 0 aromatic heterocycles. The first-order valence-corrected chi connectivity index (χ1v) is 7.23. The number of aryl methyl sites for hydroxylation is 1. The van der Waals surface area contributed by atoms with Gasteiger partial charge in [-0.1, -0.05) is 31.2 Å². The van der Waals surface area contributed by atoms with Crippen molar-refractivity contribution in [3.05, 3.63) is 35.4 Å². The van der Waals surface area contributed by atoms with Crippen LogP contribution in [0, 0.1) is 0 Å². The number of aliphatic hydroxyl groups excluding tert-OH is 1. The molecular weight excluding hydrogens is 236 g/mol. The van der Waals surface area contributed by atoms with Crippen LogP contribution in [0.3, 0.4) is 0 Å². The lowest BCUT2D eigenvalue weighted by Crippen LogP contribution is -2.37. The summed E-state index contributed by atoms with van der Waals surface area (Å²) < 4.78 is 0. The summed E-state index contributed by atoms with van der Waals surface area (Å²) >= 11 is 0. The molecule has 0 radical (unpaired) electrons. The molecule has 2 atom stereocenters. The third kappa shape index (κ3) is 4.03. The minimum atomic E-state index is -0.167. The first-order chi connectivity index (χ1) is 9.08. The van der Waals surface area contributed by atoms with Crippen LogP contribution in [0.2, 0.25) is 0 Å². The summed E-state index contributed by atoms with van der Waals surface area (Å²) in [6.07, 6.45) is 1.82. The van der Waals surface area contributed by atoms with E-state index in [9.17, 15) is 5.11 Å². The number of likely N-dealkylation sites (N-methyl/N-ethyl adjacent to an activating group) is 1. The monoisotopic (exact) mass is 262 g/mol. The summed E-state index contributed by atoms with van der Waals surface area (Å²) in [5, 5.41) is 9.88. The van der Waals surface area contributed by atoms with Crippen molar-refractivity contribution in [3.8, 4) is 0 Å². The summed E-state index contributed by atoms with van der Waals surface area (Å²) in [5.41, 5.74) is 2.73. The van der Waals surface area contributed by atoms with Crippen molar-refractivity contribution in [2.45, 2.75) is 38.5 Å². The number of benzene rings is 1. The molecule has 1 fully saturated rings. The molecule has 1 aromatic carbocycles. The van der Waals surface area contributed by atoms with Gasteiger partial charge in [0.1, 0.15) is 0 Å². The van der Waals surface area contributed by atoms with E-state index in [0.717, 1.165) is 32.5 Å². The standard InChI is InChI=1S/C16H26N2O/c1-4-13-5-7-14(8-6-13)10-18-12-16(19)9-15(18)11-17(2)3/h5-8,15-16,19H,4,9-12H2,1-3H3. The van der Waals surface area contributed by atoms with E-state index in [1.807, 2.05) is 0 Å². The first kappa shape index (κ1) is 14.5. The van der Waals surface area contributed by atoms with Gasteiger partial charge in [-0.3, -0.25) is 4.90 Å². The maximum Gasteiger partial charge on any atom is 0.0682 e. The van der Waals surface area contributed by atoms with Gasteiger partial charge in [-0.2, -0.15) is 0 Å². The van der Waals surface area contributed by atoms with Crippen molar-refractivity contribution >= 4 is 0 Å². The van der Waals surface area contributed by atoms with Gasteiger partial charge in [0.05, 0.1) is 6.10 Å². The fraction of sp³-hybridized carbons (Fsp3) is 0.625. The van der Waals surface area contributed by atoms with E-state index in [2.05, 4.69) is 55.1 Å². The Bertz CT molecular complexity index is 388. The van der Waals surface area contributed by atoms with Crippen molar-refractivity contribution < 1.29 is 5.11 Å². The van der Waals surface area contributed by atoms with E-state index in [1.54, 1.807) is 0 Å². The van der Waals surface area contributed by atoms with Crippen molar-refractivity contribution in [2.24, 2.45) is 0 Å². The molecule has 1 aliphatic rings. The third-order valence-corrected chi connectivity index (χ3v) is 3.90. The van der Waals surface area contributed by atoms with E-state index in [-0.39, 0.29) is 6.10 Å². The quantitative estimate of drug-likeness (QED) is 0.876. The Morgan fingerprint density at radius 2 is 1.84 bits per heavy atom. The number of aliphatic hydroxyl groups is 1. The Morgan fingerprint density at radius 1 is 1.21 bits per heavy atom. The Morgan fingerprint density at radius 3 is 2.42 bits per heavy atom. The maximum absolute atomic E-state index is 9.88. The molecular formula is C16H26N2O. The van der Waals surface area contributed by atoms with Gasteiger partial charge in [-0.25, -0.2) is 0 Å². The maximum atomic E-state index is 9.88. The topological polar surface area (TPSA) is 26.7 Å². The van der Waals surface area contributed by atoms with Gasteiger partial charge < -0.3 is 10.0 Å². The Balaban J connectivity index is 1.99. The van der Waals surface area contributed by atoms with Gasteiger partial charge in [0.2, 0.25) is 0 Å². The molecule has 19 heavy (non-hydrogen) atoms. The third-order valence-electron chi connectivity index (χ3n) is 3.90. The van der Waals surface area contributed by atoms with Crippen molar-refractivity contribution in [1.29, 1.82) is 0 Å². The summed E-state index contributed by atoms with van der Waals surface area (Å²) in [6.45, 7) is 4.94. The van der Waals surface area contributed by atoms with Crippen LogP contribution in [0.4, 0.5) is 0 Å². The molecule has 3 heteroatoms. The van der Waals surface area contributed by atoms with E-state index in [0.29, 0.717) is 6.04 Å². The van der Waals surface area contributed by atoms with E-state index in [1.165, 1.54) is 11.1 Å². The van der Waals surface area contributed by atoms with E-state index >= 15 is 0 Å². The summed E-state index contributed by atoms with van der Waals surface area (Å²) in [5.74, 6) is 0. The fourth-order valence-corrected chi connectivity index (χ4v) is 2.88. The zero-order valence-electron chi connectivity index (χ0n) is 12.3. The zero-order valence-corrected chi connectivity index (χ0v) is 12.3. The molecule has 0 bridgehead atoms. The molecule has 1 heterocycles. The molecule has 1 aliphatic heterocycles. The lowest BCUT2D eigenvalue weighted by atomic mass is 10.1. The minimum absolute atomic E-state index is 0.167. The van der Waals surface area contributed by atoms with Crippen molar-refractivity contribution in [1.82, 2.24) is 9.80 Å². The number of nitrogens with zero attached hydrogens (tertiary/aromatic N) is 2. The highest BCUT2D eigenvalue weighted by atomic mass is 16.3. The molecule has 2 unspecified atom stereocenters. The second-order valence-corrected chi connectivity index (χ2v) is 5.91. The van der Waals surface area contributed by atoms with Gasteiger partial charge in [0.15, 0.2) is 0 Å². The molecule has 0 amide bonds. The number of hydrogen-bond donors (Lipinski definition) is 1. The highest BCUT2D eigenvalue weighted by Gasteiger charge is 2.30. The lowest BCUT2D eigenvalue weighted by Gasteiger charge is -2.26. The average molecular weight is 262 g/mol. The average Bonchev–Trinajstić information content (AvgIpc) is 2.69. The summed E-state index contributed by atoms with van der Waals surface area (Å²) in [6, 6.07) is 9.33. The van der Waals surface area contributed by atoms with Crippen molar-refractivity contribution in [3.63, 3.8) is 0 Å². The van der Waals surface area contributed by atoms with Crippen molar-refractivity contribution in [2.75, 3.05) is 27.2 Å². The van der Waals surface area contributed by atoms with Crippen LogP contribution in [0.1, 0.15) is 24.5 Å². The molecule has 3 nitrogen and oxygen atoms in total. The highest BCUT2D eigenvalue weighted by molar-refractivity contribution is 5.22. The Hall–Kier alpha value is -0.900. The first-order valence-electron chi connectivity index (χ1n) is 7.23. The van der Waals surface area contributed by atoms with Gasteiger partial charge >= 0.3 is 0 Å². The Kier molecular flexibility index (Phi) is 4.97. The van der Waals surface area contributed by atoms with Gasteiger partial charge in [0, 0.05) is 25.7 Å². The van der Waals surface area contributed by atoms with Crippen LogP contribution in [0.25, 0.3) is 0 Å². The number of β-amino-alcohol motifs (C(OH)–C–C–N with tert-alkyl or cyclic N) is 1. The number of likely N-dealkylation sites (tertiary alicyclic amines) is 1. The Labute approximate surface area is 116 Å². The fourth-order valence-electron chi connectivity index (χ4n) is 2.88. The molecule has 1 aromatic rings. The van der Waals surface area contributed by atoms with Crippen LogP contribution in [0.15, 0.2) is 24.3 Å². The van der Waals surface area contributed by atoms with Gasteiger partial charge in [0.25, 0.3) is 0 Å². The minimum Gasteiger partial charge on any atom is -0.392 e. The molecule has 2 rings (SSSR count). The zero-order chi connectivity index (χ0) is 13.8. The predicted octanol–water partition coefficient (Wildman–Crippen LogP) is 1.75. The number of rotatable bonds is 5. The van der Waals surface area contributed by atoms with Gasteiger partial charge in [-0.15, -0.1) is 0 Å².